The van der Waals surface area contributed by atoms with Gasteiger partial charge in [-0.15, -0.1) is 10.2 Å². The summed E-state index contributed by atoms with van der Waals surface area (Å²) in [6, 6.07) is 27.9. The molecule has 3 N–H and O–H groups in total. The third kappa shape index (κ3) is 4.95. The van der Waals surface area contributed by atoms with Gasteiger partial charge in [-0.05, 0) is 23.6 Å². The van der Waals surface area contributed by atoms with E-state index in [1.54, 1.807) is 0 Å². The molecule has 156 valence electrons. The van der Waals surface area contributed by atoms with Crippen LogP contribution >= 0.6 is 11.8 Å². The molecule has 3 aromatic carbocycles. The molecule has 0 radical (unpaired) electrons. The van der Waals surface area contributed by atoms with Gasteiger partial charge < -0.3 is 11.2 Å². The summed E-state index contributed by atoms with van der Waals surface area (Å²) in [5, 5.41) is 11.8. The molecule has 0 saturated heterocycles. The van der Waals surface area contributed by atoms with E-state index in [0.29, 0.717) is 11.0 Å². The largest absolute Gasteiger partial charge is 0.349 e. The van der Waals surface area contributed by atoms with Crippen molar-refractivity contribution in [1.29, 1.82) is 0 Å². The van der Waals surface area contributed by atoms with Crippen molar-refractivity contribution in [1.82, 2.24) is 20.2 Å². The van der Waals surface area contributed by atoms with E-state index in [4.69, 9.17) is 5.84 Å². The number of amides is 1. The maximum Gasteiger partial charge on any atom is 0.230 e. The van der Waals surface area contributed by atoms with E-state index in [1.165, 1.54) is 22.0 Å². The van der Waals surface area contributed by atoms with Crippen LogP contribution in [0.3, 0.4) is 0 Å². The van der Waals surface area contributed by atoms with Gasteiger partial charge in [0.2, 0.25) is 11.1 Å². The molecular weight excluding hydrogens is 406 g/mol. The van der Waals surface area contributed by atoms with E-state index in [9.17, 15) is 4.79 Å². The van der Waals surface area contributed by atoms with Gasteiger partial charge in [-0.3, -0.25) is 4.79 Å². The Balaban J connectivity index is 1.33. The lowest BCUT2D eigenvalue weighted by Crippen LogP contribution is -2.28. The highest BCUT2D eigenvalue weighted by Crippen LogP contribution is 2.23. The molecule has 0 saturated carbocycles. The van der Waals surface area contributed by atoms with E-state index in [0.717, 1.165) is 16.7 Å². The highest BCUT2D eigenvalue weighted by Gasteiger charge is 2.15. The van der Waals surface area contributed by atoms with Gasteiger partial charge in [-0.25, -0.2) is 4.68 Å². The molecule has 1 aromatic heterocycles. The van der Waals surface area contributed by atoms with Crippen LogP contribution in [0.1, 0.15) is 18.5 Å². The average Bonchev–Trinajstić information content (AvgIpc) is 3.19. The summed E-state index contributed by atoms with van der Waals surface area (Å²) in [5.41, 5.74) is 4.24. The average molecular weight is 430 g/mol. The number of carbonyl (C=O) groups is 1. The lowest BCUT2D eigenvalue weighted by atomic mass is 10.0. The highest BCUT2D eigenvalue weighted by molar-refractivity contribution is 7.99. The maximum absolute atomic E-state index is 12.4. The quantitative estimate of drug-likeness (QED) is 0.338. The molecule has 0 spiro atoms. The first-order valence-electron chi connectivity index (χ1n) is 9.95. The van der Waals surface area contributed by atoms with Crippen LogP contribution < -0.4 is 11.2 Å². The first kappa shape index (κ1) is 20.7. The van der Waals surface area contributed by atoms with Gasteiger partial charge in [0.05, 0.1) is 11.8 Å². The minimum absolute atomic E-state index is 0.0890. The summed E-state index contributed by atoms with van der Waals surface area (Å²) < 4.78 is 1.42. The summed E-state index contributed by atoms with van der Waals surface area (Å²) in [5.74, 6) is 6.80. The first-order chi connectivity index (χ1) is 15.1. The standard InChI is InChI=1S/C24H23N5OS/c1-17(18-12-14-20(15-13-18)19-8-4-2-5-9-19)26-22(30)16-31-24-28-27-23(29(24)25)21-10-6-3-7-11-21/h2-15,17H,16,25H2,1H3,(H,26,30). The molecule has 0 aliphatic rings. The number of nitrogen functional groups attached to an aromatic ring is 1. The Morgan fingerprint density at radius 1 is 0.903 bits per heavy atom. The maximum atomic E-state index is 12.4. The van der Waals surface area contributed by atoms with Crippen molar-refractivity contribution in [3.63, 3.8) is 0 Å². The zero-order valence-corrected chi connectivity index (χ0v) is 17.9. The van der Waals surface area contributed by atoms with Crippen LogP contribution in [0.5, 0.6) is 0 Å². The Morgan fingerprint density at radius 3 is 2.13 bits per heavy atom. The van der Waals surface area contributed by atoms with Crippen molar-refractivity contribution in [2.45, 2.75) is 18.1 Å². The smallest absolute Gasteiger partial charge is 0.230 e. The lowest BCUT2D eigenvalue weighted by Gasteiger charge is -2.15. The van der Waals surface area contributed by atoms with Crippen LogP contribution in [0.4, 0.5) is 0 Å². The number of nitrogens with zero attached hydrogens (tertiary/aromatic N) is 3. The van der Waals surface area contributed by atoms with Crippen molar-refractivity contribution in [3.05, 3.63) is 90.5 Å². The van der Waals surface area contributed by atoms with Gasteiger partial charge in [0.25, 0.3) is 0 Å². The fourth-order valence-corrected chi connectivity index (χ4v) is 3.92. The molecule has 1 unspecified atom stereocenters. The van der Waals surface area contributed by atoms with Gasteiger partial charge in [0.1, 0.15) is 0 Å². The Hall–Kier alpha value is -3.58. The number of nitrogens with one attached hydrogen (secondary N) is 1. The third-order valence-corrected chi connectivity index (χ3v) is 5.87. The number of thioether (sulfide) groups is 1. The number of hydrogen-bond acceptors (Lipinski definition) is 5. The number of rotatable bonds is 7. The molecule has 1 heterocycles. The number of aromatic nitrogens is 3. The lowest BCUT2D eigenvalue weighted by molar-refractivity contribution is -0.119. The van der Waals surface area contributed by atoms with Crippen LogP contribution in [0, 0.1) is 0 Å². The second-order valence-electron chi connectivity index (χ2n) is 7.11. The normalized spacial score (nSPS) is 11.8. The molecule has 1 amide bonds. The summed E-state index contributed by atoms with van der Waals surface area (Å²) in [6.45, 7) is 1.97. The predicted molar refractivity (Wildman–Crippen MR) is 125 cm³/mol. The second kappa shape index (κ2) is 9.49. The predicted octanol–water partition coefficient (Wildman–Crippen LogP) is 4.30. The van der Waals surface area contributed by atoms with Crippen LogP contribution in [0.25, 0.3) is 22.5 Å². The molecule has 4 rings (SSSR count). The van der Waals surface area contributed by atoms with Gasteiger partial charge in [-0.1, -0.05) is 96.7 Å². The fourth-order valence-electron chi connectivity index (χ4n) is 3.25. The monoisotopic (exact) mass is 429 g/mol. The van der Waals surface area contributed by atoms with Crippen LogP contribution in [0.15, 0.2) is 90.1 Å². The molecule has 31 heavy (non-hydrogen) atoms. The number of benzene rings is 3. The molecule has 7 heteroatoms. The molecule has 6 nitrogen and oxygen atoms in total. The zero-order chi connectivity index (χ0) is 21.6. The Labute approximate surface area is 185 Å². The Morgan fingerprint density at radius 2 is 1.48 bits per heavy atom. The topological polar surface area (TPSA) is 85.8 Å². The van der Waals surface area contributed by atoms with Gasteiger partial charge in [0, 0.05) is 5.56 Å². The van der Waals surface area contributed by atoms with Crippen LogP contribution in [0.2, 0.25) is 0 Å². The number of nitrogens with two attached hydrogens (primary N) is 1. The Kier molecular flexibility index (Phi) is 6.33. The van der Waals surface area contributed by atoms with E-state index in [-0.39, 0.29) is 17.7 Å². The van der Waals surface area contributed by atoms with Crippen LogP contribution in [-0.2, 0) is 4.79 Å². The van der Waals surface area contributed by atoms with E-state index in [2.05, 4.69) is 39.8 Å². The molecule has 0 aliphatic carbocycles. The first-order valence-corrected chi connectivity index (χ1v) is 10.9. The summed E-state index contributed by atoms with van der Waals surface area (Å²) in [7, 11) is 0. The van der Waals surface area contributed by atoms with E-state index >= 15 is 0 Å². The minimum atomic E-state index is -0.103. The Bertz CT molecular complexity index is 1140. The summed E-state index contributed by atoms with van der Waals surface area (Å²) in [4.78, 5) is 12.4. The van der Waals surface area contributed by atoms with Crippen LogP contribution in [-0.4, -0.2) is 26.5 Å². The van der Waals surface area contributed by atoms with E-state index < -0.39 is 0 Å². The fraction of sp³-hybridized carbons (Fsp3) is 0.125. The molecule has 0 aliphatic heterocycles. The molecule has 0 fully saturated rings. The SMILES string of the molecule is CC(NC(=O)CSc1nnc(-c2ccccc2)n1N)c1ccc(-c2ccccc2)cc1. The molecule has 1 atom stereocenters. The number of carbonyl (C=O) groups excluding carboxylic acids is 1. The highest BCUT2D eigenvalue weighted by atomic mass is 32.2. The van der Waals surface area contributed by atoms with Gasteiger partial charge >= 0.3 is 0 Å². The summed E-state index contributed by atoms with van der Waals surface area (Å²) in [6.07, 6.45) is 0. The minimum Gasteiger partial charge on any atom is -0.349 e. The van der Waals surface area contributed by atoms with Crippen molar-refractivity contribution in [2.24, 2.45) is 0 Å². The number of hydrogen-bond donors (Lipinski definition) is 2. The molecule has 4 aromatic rings. The molecule has 0 bridgehead atoms. The van der Waals surface area contributed by atoms with Gasteiger partial charge in [0.15, 0.2) is 5.82 Å². The summed E-state index contributed by atoms with van der Waals surface area (Å²) >= 11 is 1.26. The van der Waals surface area contributed by atoms with Gasteiger partial charge in [-0.2, -0.15) is 0 Å². The third-order valence-electron chi connectivity index (χ3n) is 4.92. The van der Waals surface area contributed by atoms with E-state index in [1.807, 2.05) is 67.6 Å². The van der Waals surface area contributed by atoms with Crippen molar-refractivity contribution in [2.75, 3.05) is 11.6 Å². The van der Waals surface area contributed by atoms with Crippen molar-refractivity contribution in [3.8, 4) is 22.5 Å². The van der Waals surface area contributed by atoms with Crippen molar-refractivity contribution < 1.29 is 4.79 Å². The molecular formula is C24H23N5OS. The second-order valence-corrected chi connectivity index (χ2v) is 8.05. The zero-order valence-electron chi connectivity index (χ0n) is 17.1. The van der Waals surface area contributed by atoms with Crippen molar-refractivity contribution >= 4 is 17.7 Å².